The average Bonchev–Trinajstić information content (AvgIpc) is 2.62. The molecular weight excluding hydrogens is 267 g/mol. The van der Waals surface area contributed by atoms with Gasteiger partial charge in [-0.2, -0.15) is 0 Å². The van der Waals surface area contributed by atoms with Gasteiger partial charge < -0.3 is 10.3 Å². The van der Waals surface area contributed by atoms with E-state index >= 15 is 0 Å². The number of nitrogen functional groups attached to an aromatic ring is 1. The van der Waals surface area contributed by atoms with Crippen LogP contribution >= 0.6 is 11.6 Å². The molecule has 0 atom stereocenters. The summed E-state index contributed by atoms with van der Waals surface area (Å²) >= 11 is 5.80. The van der Waals surface area contributed by atoms with Crippen molar-refractivity contribution in [2.45, 2.75) is 27.2 Å². The van der Waals surface area contributed by atoms with E-state index in [1.54, 1.807) is 12.1 Å². The van der Waals surface area contributed by atoms with Gasteiger partial charge in [-0.1, -0.05) is 49.7 Å². The molecule has 102 valence electrons. The number of hydrogen-bond acceptors (Lipinski definition) is 3. The molecule has 0 aliphatic rings. The Hall–Kier alpha value is -1.55. The quantitative estimate of drug-likeness (QED) is 0.893. The first-order chi connectivity index (χ1) is 8.79. The molecule has 2 N–H and O–H groups in total. The summed E-state index contributed by atoms with van der Waals surface area (Å²) in [6.45, 7) is 6.20. The molecule has 5 heteroatoms. The Balaban J connectivity index is 2.56. The van der Waals surface area contributed by atoms with Crippen LogP contribution in [0.2, 0.25) is 5.02 Å². The zero-order chi connectivity index (χ0) is 14.2. The van der Waals surface area contributed by atoms with E-state index in [1.165, 1.54) is 6.07 Å². The van der Waals surface area contributed by atoms with Crippen LogP contribution in [0.5, 0.6) is 0 Å². The summed E-state index contributed by atoms with van der Waals surface area (Å²) in [5.41, 5.74) is 7.23. The molecule has 0 aliphatic heterocycles. The lowest BCUT2D eigenvalue weighted by atomic mass is 9.88. The maximum absolute atomic E-state index is 14.1. The largest absolute Gasteiger partial charge is 0.367 e. The number of halogens is 2. The van der Waals surface area contributed by atoms with E-state index in [0.29, 0.717) is 23.2 Å². The third kappa shape index (κ3) is 2.89. The van der Waals surface area contributed by atoms with Crippen LogP contribution in [0.25, 0.3) is 11.1 Å². The van der Waals surface area contributed by atoms with Crippen LogP contribution < -0.4 is 5.73 Å². The van der Waals surface area contributed by atoms with Crippen LogP contribution in [0, 0.1) is 11.2 Å². The van der Waals surface area contributed by atoms with Crippen LogP contribution in [0.15, 0.2) is 22.7 Å². The second-order valence-electron chi connectivity index (χ2n) is 5.71. The Labute approximate surface area is 116 Å². The molecule has 19 heavy (non-hydrogen) atoms. The summed E-state index contributed by atoms with van der Waals surface area (Å²) in [7, 11) is 0. The van der Waals surface area contributed by atoms with Crippen molar-refractivity contribution in [3.05, 3.63) is 34.7 Å². The molecule has 0 aliphatic carbocycles. The molecule has 1 heterocycles. The van der Waals surface area contributed by atoms with Gasteiger partial charge in [0.15, 0.2) is 0 Å². The first-order valence-corrected chi connectivity index (χ1v) is 6.36. The maximum atomic E-state index is 14.1. The SMILES string of the molecule is CC(C)(C)Cc1noc(N)c1-c1cccc(Cl)c1F. The van der Waals surface area contributed by atoms with Crippen LogP contribution in [-0.4, -0.2) is 5.16 Å². The standard InChI is InChI=1S/C14H16ClFN2O/c1-14(2,3)7-10-11(13(17)19-18-10)8-5-4-6-9(15)12(8)16/h4-6H,7,17H2,1-3H3. The molecule has 1 aromatic carbocycles. The van der Waals surface area contributed by atoms with Gasteiger partial charge in [-0.3, -0.25) is 0 Å². The lowest BCUT2D eigenvalue weighted by Crippen LogP contribution is -2.10. The number of rotatable bonds is 2. The van der Waals surface area contributed by atoms with Crippen LogP contribution in [0.1, 0.15) is 26.5 Å². The van der Waals surface area contributed by atoms with Crippen molar-refractivity contribution >= 4 is 17.5 Å². The van der Waals surface area contributed by atoms with Gasteiger partial charge in [-0.25, -0.2) is 4.39 Å². The van der Waals surface area contributed by atoms with Crippen molar-refractivity contribution in [1.29, 1.82) is 0 Å². The van der Waals surface area contributed by atoms with Crippen LogP contribution in [0.4, 0.5) is 10.3 Å². The van der Waals surface area contributed by atoms with Gasteiger partial charge >= 0.3 is 0 Å². The Morgan fingerprint density at radius 3 is 2.68 bits per heavy atom. The molecule has 0 bridgehead atoms. The molecule has 2 rings (SSSR count). The number of aromatic nitrogens is 1. The number of nitrogens with two attached hydrogens (primary N) is 1. The molecule has 1 aromatic heterocycles. The van der Waals surface area contributed by atoms with Crippen molar-refractivity contribution in [3.63, 3.8) is 0 Å². The Morgan fingerprint density at radius 2 is 2.05 bits per heavy atom. The first-order valence-electron chi connectivity index (χ1n) is 5.98. The molecule has 0 saturated carbocycles. The summed E-state index contributed by atoms with van der Waals surface area (Å²) in [4.78, 5) is 0. The summed E-state index contributed by atoms with van der Waals surface area (Å²) in [6, 6.07) is 4.79. The number of benzene rings is 1. The fraction of sp³-hybridized carbons (Fsp3) is 0.357. The lowest BCUT2D eigenvalue weighted by molar-refractivity contribution is 0.377. The van der Waals surface area contributed by atoms with E-state index in [2.05, 4.69) is 25.9 Å². The van der Waals surface area contributed by atoms with Crippen LogP contribution in [-0.2, 0) is 6.42 Å². The Kier molecular flexibility index (Phi) is 3.54. The Bertz CT molecular complexity index is 602. The summed E-state index contributed by atoms with van der Waals surface area (Å²) in [6.07, 6.45) is 0.634. The minimum atomic E-state index is -0.505. The van der Waals surface area contributed by atoms with Gasteiger partial charge in [0.2, 0.25) is 5.88 Å². The van der Waals surface area contributed by atoms with Gasteiger partial charge in [0.25, 0.3) is 0 Å². The predicted octanol–water partition coefficient (Wildman–Crippen LogP) is 4.30. The van der Waals surface area contributed by atoms with Crippen molar-refractivity contribution in [1.82, 2.24) is 5.16 Å². The lowest BCUT2D eigenvalue weighted by Gasteiger charge is -2.16. The highest BCUT2D eigenvalue weighted by Crippen LogP contribution is 2.36. The molecule has 0 saturated heterocycles. The van der Waals surface area contributed by atoms with E-state index < -0.39 is 5.82 Å². The highest BCUT2D eigenvalue weighted by Gasteiger charge is 2.23. The molecule has 3 nitrogen and oxygen atoms in total. The maximum Gasteiger partial charge on any atom is 0.230 e. The highest BCUT2D eigenvalue weighted by molar-refractivity contribution is 6.31. The minimum absolute atomic E-state index is 0.00683. The monoisotopic (exact) mass is 282 g/mol. The van der Waals surface area contributed by atoms with Gasteiger partial charge in [0, 0.05) is 5.56 Å². The zero-order valence-corrected chi connectivity index (χ0v) is 11.9. The normalized spacial score (nSPS) is 11.8. The van der Waals surface area contributed by atoms with Crippen molar-refractivity contribution in [2.24, 2.45) is 5.41 Å². The fourth-order valence-electron chi connectivity index (χ4n) is 1.95. The Morgan fingerprint density at radius 1 is 1.37 bits per heavy atom. The molecule has 0 spiro atoms. The minimum Gasteiger partial charge on any atom is -0.367 e. The second-order valence-corrected chi connectivity index (χ2v) is 6.11. The highest BCUT2D eigenvalue weighted by atomic mass is 35.5. The average molecular weight is 283 g/mol. The van der Waals surface area contributed by atoms with Crippen molar-refractivity contribution in [2.75, 3.05) is 5.73 Å². The van der Waals surface area contributed by atoms with E-state index in [1.807, 2.05) is 0 Å². The smallest absolute Gasteiger partial charge is 0.230 e. The predicted molar refractivity (Wildman–Crippen MR) is 74.5 cm³/mol. The first kappa shape index (κ1) is 13.9. The van der Waals surface area contributed by atoms with E-state index in [4.69, 9.17) is 21.9 Å². The van der Waals surface area contributed by atoms with Gasteiger partial charge in [0.05, 0.1) is 16.3 Å². The number of nitrogens with zero attached hydrogens (tertiary/aromatic N) is 1. The van der Waals surface area contributed by atoms with Crippen molar-refractivity contribution < 1.29 is 8.91 Å². The summed E-state index contributed by atoms with van der Waals surface area (Å²) < 4.78 is 19.1. The summed E-state index contributed by atoms with van der Waals surface area (Å²) in [5, 5.41) is 3.99. The van der Waals surface area contributed by atoms with Gasteiger partial charge in [-0.05, 0) is 17.9 Å². The molecule has 2 aromatic rings. The van der Waals surface area contributed by atoms with Gasteiger partial charge in [0.1, 0.15) is 5.82 Å². The molecule has 0 amide bonds. The van der Waals surface area contributed by atoms with Crippen molar-refractivity contribution in [3.8, 4) is 11.1 Å². The summed E-state index contributed by atoms with van der Waals surface area (Å²) in [5.74, 6) is -0.394. The molecule has 0 unspecified atom stereocenters. The molecular formula is C14H16ClFN2O. The van der Waals surface area contributed by atoms with Gasteiger partial charge in [-0.15, -0.1) is 0 Å². The third-order valence-corrected chi connectivity index (χ3v) is 3.00. The topological polar surface area (TPSA) is 52.0 Å². The number of hydrogen-bond donors (Lipinski definition) is 1. The fourth-order valence-corrected chi connectivity index (χ4v) is 2.12. The van der Waals surface area contributed by atoms with E-state index in [9.17, 15) is 4.39 Å². The molecule has 0 radical (unpaired) electrons. The third-order valence-electron chi connectivity index (χ3n) is 2.71. The van der Waals surface area contributed by atoms with E-state index in [0.717, 1.165) is 0 Å². The zero-order valence-electron chi connectivity index (χ0n) is 11.1. The molecule has 0 fully saturated rings. The number of anilines is 1. The van der Waals surface area contributed by atoms with Crippen LogP contribution in [0.3, 0.4) is 0 Å². The second kappa shape index (κ2) is 4.85. The van der Waals surface area contributed by atoms with E-state index in [-0.39, 0.29) is 16.3 Å².